The number of benzene rings is 2. The van der Waals surface area contributed by atoms with E-state index in [1.54, 1.807) is 36.3 Å². The summed E-state index contributed by atoms with van der Waals surface area (Å²) >= 11 is 0. The van der Waals surface area contributed by atoms with E-state index in [9.17, 15) is 14.9 Å². The van der Waals surface area contributed by atoms with Gasteiger partial charge in [-0.3, -0.25) is 19.8 Å². The van der Waals surface area contributed by atoms with Crippen LogP contribution >= 0.6 is 0 Å². The Morgan fingerprint density at radius 3 is 2.52 bits per heavy atom. The van der Waals surface area contributed by atoms with Crippen LogP contribution in [0.4, 0.5) is 11.4 Å². The number of nitrogens with zero attached hydrogens (tertiary/aromatic N) is 4. The molecule has 0 saturated carbocycles. The Morgan fingerprint density at radius 2 is 1.90 bits per heavy atom. The van der Waals surface area contributed by atoms with Gasteiger partial charge in [0, 0.05) is 58.0 Å². The van der Waals surface area contributed by atoms with E-state index in [4.69, 9.17) is 10.00 Å². The molecule has 0 aliphatic carbocycles. The standard InChI is InChI=1S/C22H25N5O4/c1-31-13-8-24-20-7-6-19(14-21(20)27(29)30)22(28)26-11-9-25(10-12-26)16-18-4-2-17(15-23)3-5-18/h2-7,14,24H,8-13,16H2,1H3. The molecule has 31 heavy (non-hydrogen) atoms. The molecule has 0 unspecified atom stereocenters. The Bertz CT molecular complexity index is 963. The number of carbonyl (C=O) groups is 1. The van der Waals surface area contributed by atoms with Crippen LogP contribution in [0, 0.1) is 21.4 Å². The summed E-state index contributed by atoms with van der Waals surface area (Å²) in [4.78, 5) is 27.8. The monoisotopic (exact) mass is 423 g/mol. The average Bonchev–Trinajstić information content (AvgIpc) is 2.80. The number of anilines is 1. The molecule has 1 fully saturated rings. The minimum absolute atomic E-state index is 0.124. The van der Waals surface area contributed by atoms with E-state index >= 15 is 0 Å². The molecule has 0 bridgehead atoms. The Balaban J connectivity index is 1.60. The summed E-state index contributed by atoms with van der Waals surface area (Å²) < 4.78 is 4.95. The molecule has 0 atom stereocenters. The summed E-state index contributed by atoms with van der Waals surface area (Å²) in [7, 11) is 1.56. The van der Waals surface area contributed by atoms with Crippen LogP contribution in [0.15, 0.2) is 42.5 Å². The number of rotatable bonds is 8. The third kappa shape index (κ3) is 5.78. The SMILES string of the molecule is COCCNc1ccc(C(=O)N2CCN(Cc3ccc(C#N)cc3)CC2)cc1[N+](=O)[O-]. The van der Waals surface area contributed by atoms with Gasteiger partial charge in [0.2, 0.25) is 0 Å². The van der Waals surface area contributed by atoms with Gasteiger partial charge in [-0.2, -0.15) is 5.26 Å². The number of nitro groups is 1. The molecule has 9 nitrogen and oxygen atoms in total. The number of methoxy groups -OCH3 is 1. The number of nitro benzene ring substituents is 1. The van der Waals surface area contributed by atoms with Crippen molar-refractivity contribution in [2.24, 2.45) is 0 Å². The highest BCUT2D eigenvalue weighted by atomic mass is 16.6. The van der Waals surface area contributed by atoms with Crippen molar-refractivity contribution in [1.29, 1.82) is 5.26 Å². The first-order valence-corrected chi connectivity index (χ1v) is 10.0. The van der Waals surface area contributed by atoms with E-state index in [0.717, 1.165) is 12.1 Å². The molecule has 3 rings (SSSR count). The highest BCUT2D eigenvalue weighted by Gasteiger charge is 2.24. The number of piperazine rings is 1. The summed E-state index contributed by atoms with van der Waals surface area (Å²) in [5, 5.41) is 23.3. The fraction of sp³-hybridized carbons (Fsp3) is 0.364. The van der Waals surface area contributed by atoms with Gasteiger partial charge in [0.15, 0.2) is 0 Å². The van der Waals surface area contributed by atoms with E-state index in [-0.39, 0.29) is 11.6 Å². The first-order chi connectivity index (χ1) is 15.0. The van der Waals surface area contributed by atoms with Crippen LogP contribution in [0.3, 0.4) is 0 Å². The van der Waals surface area contributed by atoms with E-state index in [1.807, 2.05) is 12.1 Å². The molecular weight excluding hydrogens is 398 g/mol. The van der Waals surface area contributed by atoms with E-state index in [2.05, 4.69) is 16.3 Å². The lowest BCUT2D eigenvalue weighted by Crippen LogP contribution is -2.48. The zero-order valence-corrected chi connectivity index (χ0v) is 17.4. The van der Waals surface area contributed by atoms with Gasteiger partial charge in [0.05, 0.1) is 23.2 Å². The molecule has 0 spiro atoms. The van der Waals surface area contributed by atoms with Crippen LogP contribution in [0.1, 0.15) is 21.5 Å². The molecule has 0 radical (unpaired) electrons. The number of ether oxygens (including phenoxy) is 1. The van der Waals surface area contributed by atoms with Crippen LogP contribution in [0.5, 0.6) is 0 Å². The minimum Gasteiger partial charge on any atom is -0.383 e. The Morgan fingerprint density at radius 1 is 1.19 bits per heavy atom. The summed E-state index contributed by atoms with van der Waals surface area (Å²) in [6, 6.07) is 14.1. The smallest absolute Gasteiger partial charge is 0.293 e. The average molecular weight is 423 g/mol. The van der Waals surface area contributed by atoms with E-state index < -0.39 is 4.92 Å². The third-order valence-electron chi connectivity index (χ3n) is 5.21. The summed E-state index contributed by atoms with van der Waals surface area (Å²) in [5.74, 6) is -0.204. The van der Waals surface area contributed by atoms with Crippen molar-refractivity contribution >= 4 is 17.3 Å². The maximum absolute atomic E-state index is 12.9. The maximum Gasteiger partial charge on any atom is 0.293 e. The lowest BCUT2D eigenvalue weighted by atomic mass is 10.1. The predicted octanol–water partition coefficient (Wildman–Crippen LogP) is 2.48. The summed E-state index contributed by atoms with van der Waals surface area (Å²) in [6.45, 7) is 4.14. The van der Waals surface area contributed by atoms with Crippen LogP contribution in [-0.2, 0) is 11.3 Å². The van der Waals surface area contributed by atoms with Crippen molar-refractivity contribution in [1.82, 2.24) is 9.80 Å². The zero-order chi connectivity index (χ0) is 22.2. The van der Waals surface area contributed by atoms with Gasteiger partial charge in [0.25, 0.3) is 11.6 Å². The zero-order valence-electron chi connectivity index (χ0n) is 17.4. The molecule has 2 aromatic carbocycles. The normalized spacial score (nSPS) is 14.1. The maximum atomic E-state index is 12.9. The van der Waals surface area contributed by atoms with Crippen molar-refractivity contribution in [2.45, 2.75) is 6.54 Å². The van der Waals surface area contributed by atoms with Crippen LogP contribution < -0.4 is 5.32 Å². The number of nitrogens with one attached hydrogen (secondary N) is 1. The molecule has 1 amide bonds. The molecule has 2 aromatic rings. The number of hydrogen-bond donors (Lipinski definition) is 1. The molecule has 162 valence electrons. The highest BCUT2D eigenvalue weighted by molar-refractivity contribution is 5.95. The first kappa shape index (κ1) is 22.2. The largest absolute Gasteiger partial charge is 0.383 e. The molecule has 1 aliphatic heterocycles. The Hall–Kier alpha value is -3.48. The molecule has 0 aromatic heterocycles. The lowest BCUT2D eigenvalue weighted by Gasteiger charge is -2.34. The van der Waals surface area contributed by atoms with Gasteiger partial charge < -0.3 is 15.0 Å². The van der Waals surface area contributed by atoms with Gasteiger partial charge in [-0.1, -0.05) is 12.1 Å². The number of carbonyl (C=O) groups excluding carboxylic acids is 1. The fourth-order valence-corrected chi connectivity index (χ4v) is 3.49. The molecule has 1 saturated heterocycles. The second kappa shape index (κ2) is 10.5. The van der Waals surface area contributed by atoms with Gasteiger partial charge >= 0.3 is 0 Å². The van der Waals surface area contributed by atoms with Crippen molar-refractivity contribution < 1.29 is 14.5 Å². The highest BCUT2D eigenvalue weighted by Crippen LogP contribution is 2.26. The predicted molar refractivity (Wildman–Crippen MR) is 116 cm³/mol. The number of amides is 1. The van der Waals surface area contributed by atoms with Crippen LogP contribution in [0.2, 0.25) is 0 Å². The van der Waals surface area contributed by atoms with E-state index in [0.29, 0.717) is 56.1 Å². The quantitative estimate of drug-likeness (QED) is 0.394. The molecule has 1 N–H and O–H groups in total. The van der Waals surface area contributed by atoms with Crippen LogP contribution in [-0.4, -0.2) is 67.1 Å². The molecule has 1 aliphatic rings. The van der Waals surface area contributed by atoms with Gasteiger partial charge in [-0.15, -0.1) is 0 Å². The van der Waals surface area contributed by atoms with Gasteiger partial charge in [0.1, 0.15) is 5.69 Å². The molecular formula is C22H25N5O4. The van der Waals surface area contributed by atoms with E-state index in [1.165, 1.54) is 6.07 Å². The molecule has 9 heteroatoms. The Labute approximate surface area is 181 Å². The minimum atomic E-state index is -0.485. The topological polar surface area (TPSA) is 112 Å². The second-order valence-electron chi connectivity index (χ2n) is 7.29. The summed E-state index contributed by atoms with van der Waals surface area (Å²) in [5.41, 5.74) is 2.30. The van der Waals surface area contributed by atoms with Crippen molar-refractivity contribution in [2.75, 3.05) is 51.8 Å². The first-order valence-electron chi connectivity index (χ1n) is 10.0. The van der Waals surface area contributed by atoms with Gasteiger partial charge in [-0.25, -0.2) is 0 Å². The van der Waals surface area contributed by atoms with Crippen LogP contribution in [0.25, 0.3) is 0 Å². The van der Waals surface area contributed by atoms with Gasteiger partial charge in [-0.05, 0) is 29.8 Å². The fourth-order valence-electron chi connectivity index (χ4n) is 3.49. The second-order valence-corrected chi connectivity index (χ2v) is 7.29. The summed E-state index contributed by atoms with van der Waals surface area (Å²) in [6.07, 6.45) is 0. The number of hydrogen-bond acceptors (Lipinski definition) is 7. The van der Waals surface area contributed by atoms with Crippen molar-refractivity contribution in [3.63, 3.8) is 0 Å². The van der Waals surface area contributed by atoms with Crippen molar-refractivity contribution in [3.05, 3.63) is 69.3 Å². The molecule has 1 heterocycles. The lowest BCUT2D eigenvalue weighted by molar-refractivity contribution is -0.384. The third-order valence-corrected chi connectivity index (χ3v) is 5.21. The Kier molecular flexibility index (Phi) is 7.54. The van der Waals surface area contributed by atoms with Crippen molar-refractivity contribution in [3.8, 4) is 6.07 Å². The number of nitriles is 1.